The number of aromatic hydroxyl groups is 1. The van der Waals surface area contributed by atoms with E-state index in [9.17, 15) is 5.11 Å². The van der Waals surface area contributed by atoms with Gasteiger partial charge in [0.15, 0.2) is 17.5 Å². The number of aliphatic imine (C=N–C) groups is 1. The molecule has 2 aromatic rings. The molecule has 0 bridgehead atoms. The number of benzene rings is 2. The summed E-state index contributed by atoms with van der Waals surface area (Å²) in [7, 11) is 1.55. The van der Waals surface area contributed by atoms with Crippen LogP contribution in [0.25, 0.3) is 0 Å². The second-order valence-corrected chi connectivity index (χ2v) is 7.70. The largest absolute Gasteiger partial charge is 0.504 e. The third-order valence-electron chi connectivity index (χ3n) is 4.09. The minimum absolute atomic E-state index is 0.148. The van der Waals surface area contributed by atoms with Crippen molar-refractivity contribution in [3.05, 3.63) is 53.6 Å². The van der Waals surface area contributed by atoms with Gasteiger partial charge < -0.3 is 25.2 Å². The highest BCUT2D eigenvalue weighted by atomic mass is 16.5. The molecule has 158 valence electrons. The van der Waals surface area contributed by atoms with E-state index in [4.69, 9.17) is 14.5 Å². The van der Waals surface area contributed by atoms with Crippen molar-refractivity contribution in [3.63, 3.8) is 0 Å². The number of phenols is 1. The lowest BCUT2D eigenvalue weighted by Gasteiger charge is -2.23. The number of para-hydroxylation sites is 1. The number of ether oxygens (including phenoxy) is 2. The van der Waals surface area contributed by atoms with Crippen LogP contribution in [0, 0.1) is 0 Å². The van der Waals surface area contributed by atoms with Crippen molar-refractivity contribution < 1.29 is 14.6 Å². The summed E-state index contributed by atoms with van der Waals surface area (Å²) < 4.78 is 11.2. The Morgan fingerprint density at radius 2 is 1.83 bits per heavy atom. The Balaban J connectivity index is 2.00. The Bertz CT molecular complexity index is 813. The molecule has 0 aliphatic heterocycles. The van der Waals surface area contributed by atoms with Crippen LogP contribution in [0.2, 0.25) is 0 Å². The van der Waals surface area contributed by atoms with E-state index in [0.29, 0.717) is 18.8 Å². The molecule has 0 aliphatic carbocycles. The molecule has 6 heteroatoms. The summed E-state index contributed by atoms with van der Waals surface area (Å²) in [5.74, 6) is 2.24. The highest BCUT2D eigenvalue weighted by Gasteiger charge is 2.14. The van der Waals surface area contributed by atoms with Gasteiger partial charge in [-0.3, -0.25) is 0 Å². The van der Waals surface area contributed by atoms with Gasteiger partial charge in [-0.05, 0) is 57.9 Å². The number of nitrogens with zero attached hydrogens (tertiary/aromatic N) is 1. The summed E-state index contributed by atoms with van der Waals surface area (Å²) in [5, 5.41) is 16.3. The third kappa shape index (κ3) is 7.56. The summed E-state index contributed by atoms with van der Waals surface area (Å²) in [6, 6.07) is 13.4. The number of nitrogens with one attached hydrogen (secondary N) is 2. The van der Waals surface area contributed by atoms with Crippen molar-refractivity contribution in [2.24, 2.45) is 4.99 Å². The molecule has 29 heavy (non-hydrogen) atoms. The summed E-state index contributed by atoms with van der Waals surface area (Å²) in [6.07, 6.45) is 0.783. The molecule has 0 atom stereocenters. The molecule has 0 amide bonds. The number of phenolic OH excluding ortho intramolecular Hbond substituents is 1. The van der Waals surface area contributed by atoms with Crippen molar-refractivity contribution in [3.8, 4) is 17.2 Å². The number of methoxy groups -OCH3 is 1. The normalized spacial score (nSPS) is 11.8. The highest BCUT2D eigenvalue weighted by molar-refractivity contribution is 5.79. The van der Waals surface area contributed by atoms with E-state index in [0.717, 1.165) is 35.8 Å². The predicted octanol–water partition coefficient (Wildman–Crippen LogP) is 3.88. The summed E-state index contributed by atoms with van der Waals surface area (Å²) >= 11 is 0. The summed E-state index contributed by atoms with van der Waals surface area (Å²) in [5.41, 5.74) is 1.86. The van der Waals surface area contributed by atoms with E-state index < -0.39 is 0 Å². The van der Waals surface area contributed by atoms with Gasteiger partial charge in [-0.2, -0.15) is 0 Å². The molecule has 0 aromatic heterocycles. The van der Waals surface area contributed by atoms with Crippen molar-refractivity contribution in [1.29, 1.82) is 0 Å². The first-order chi connectivity index (χ1) is 13.8. The SMILES string of the molecule is CCNC(=NCc1ccccc1OC(C)(C)C)NCCc1ccc(O)c(OC)c1. The first-order valence-electron chi connectivity index (χ1n) is 9.97. The standard InChI is InChI=1S/C23H33N3O3/c1-6-24-22(25-14-13-17-11-12-19(27)21(15-17)28-5)26-16-18-9-7-8-10-20(18)29-23(2,3)4/h7-12,15,27H,6,13-14,16H2,1-5H3,(H2,24,25,26). The van der Waals surface area contributed by atoms with E-state index in [-0.39, 0.29) is 11.4 Å². The van der Waals surface area contributed by atoms with Crippen LogP contribution in [-0.2, 0) is 13.0 Å². The van der Waals surface area contributed by atoms with E-state index >= 15 is 0 Å². The van der Waals surface area contributed by atoms with E-state index in [1.165, 1.54) is 0 Å². The fourth-order valence-corrected chi connectivity index (χ4v) is 2.77. The lowest BCUT2D eigenvalue weighted by molar-refractivity contribution is 0.129. The molecular weight excluding hydrogens is 366 g/mol. The third-order valence-corrected chi connectivity index (χ3v) is 4.09. The molecule has 6 nitrogen and oxygen atoms in total. The summed E-state index contributed by atoms with van der Waals surface area (Å²) in [4.78, 5) is 4.70. The second kappa shape index (κ2) is 10.6. The molecule has 0 fully saturated rings. The number of hydrogen-bond acceptors (Lipinski definition) is 4. The molecule has 0 spiro atoms. The van der Waals surface area contributed by atoms with Crippen LogP contribution < -0.4 is 20.1 Å². The lowest BCUT2D eigenvalue weighted by Crippen LogP contribution is -2.38. The van der Waals surface area contributed by atoms with Crippen molar-refractivity contribution in [2.45, 2.75) is 46.3 Å². The minimum Gasteiger partial charge on any atom is -0.504 e. The maximum absolute atomic E-state index is 9.71. The van der Waals surface area contributed by atoms with Gasteiger partial charge in [0.1, 0.15) is 11.4 Å². The van der Waals surface area contributed by atoms with Gasteiger partial charge >= 0.3 is 0 Å². The van der Waals surface area contributed by atoms with Crippen molar-refractivity contribution in [2.75, 3.05) is 20.2 Å². The topological polar surface area (TPSA) is 75.1 Å². The van der Waals surface area contributed by atoms with Crippen LogP contribution in [0.1, 0.15) is 38.8 Å². The predicted molar refractivity (Wildman–Crippen MR) is 118 cm³/mol. The van der Waals surface area contributed by atoms with E-state index in [1.54, 1.807) is 13.2 Å². The first-order valence-corrected chi connectivity index (χ1v) is 9.97. The van der Waals surface area contributed by atoms with Crippen LogP contribution >= 0.6 is 0 Å². The molecule has 0 heterocycles. The average molecular weight is 400 g/mol. The maximum atomic E-state index is 9.71. The number of guanidine groups is 1. The molecule has 0 saturated carbocycles. The zero-order valence-corrected chi connectivity index (χ0v) is 18.1. The van der Waals surface area contributed by atoms with Crippen LogP contribution in [0.3, 0.4) is 0 Å². The Labute approximate surface area is 174 Å². The molecule has 0 unspecified atom stereocenters. The van der Waals surface area contributed by atoms with E-state index in [2.05, 4.69) is 10.6 Å². The zero-order chi connectivity index (χ0) is 21.3. The quantitative estimate of drug-likeness (QED) is 0.464. The Hall–Kier alpha value is -2.89. The van der Waals surface area contributed by atoms with Crippen LogP contribution in [-0.4, -0.2) is 36.9 Å². The van der Waals surface area contributed by atoms with Crippen LogP contribution in [0.5, 0.6) is 17.2 Å². The molecule has 0 radical (unpaired) electrons. The zero-order valence-electron chi connectivity index (χ0n) is 18.1. The van der Waals surface area contributed by atoms with Crippen molar-refractivity contribution in [1.82, 2.24) is 10.6 Å². The Kier molecular flexibility index (Phi) is 8.19. The molecule has 2 aromatic carbocycles. The molecule has 0 saturated heterocycles. The number of hydrogen-bond donors (Lipinski definition) is 3. The molecule has 3 N–H and O–H groups in total. The highest BCUT2D eigenvalue weighted by Crippen LogP contribution is 2.26. The molecule has 2 rings (SSSR count). The summed E-state index contributed by atoms with van der Waals surface area (Å²) in [6.45, 7) is 10.2. The van der Waals surface area contributed by atoms with Gasteiger partial charge in [-0.15, -0.1) is 0 Å². The van der Waals surface area contributed by atoms with Crippen LogP contribution in [0.4, 0.5) is 0 Å². The van der Waals surface area contributed by atoms with Gasteiger partial charge in [0.2, 0.25) is 0 Å². The van der Waals surface area contributed by atoms with Gasteiger partial charge in [-0.25, -0.2) is 4.99 Å². The number of rotatable bonds is 8. The van der Waals surface area contributed by atoms with Gasteiger partial charge in [0.25, 0.3) is 0 Å². The fraction of sp³-hybridized carbons (Fsp3) is 0.435. The fourth-order valence-electron chi connectivity index (χ4n) is 2.77. The Morgan fingerprint density at radius 1 is 1.07 bits per heavy atom. The van der Waals surface area contributed by atoms with Gasteiger partial charge in [0, 0.05) is 18.7 Å². The lowest BCUT2D eigenvalue weighted by atomic mass is 10.1. The van der Waals surface area contributed by atoms with Gasteiger partial charge in [-0.1, -0.05) is 24.3 Å². The molecular formula is C23H33N3O3. The molecule has 0 aliphatic rings. The van der Waals surface area contributed by atoms with E-state index in [1.807, 2.05) is 64.1 Å². The van der Waals surface area contributed by atoms with Gasteiger partial charge in [0.05, 0.1) is 13.7 Å². The minimum atomic E-state index is -0.256. The monoisotopic (exact) mass is 399 g/mol. The smallest absolute Gasteiger partial charge is 0.191 e. The second-order valence-electron chi connectivity index (χ2n) is 7.70. The maximum Gasteiger partial charge on any atom is 0.191 e. The first kappa shape index (κ1) is 22.4. The van der Waals surface area contributed by atoms with Crippen molar-refractivity contribution >= 4 is 5.96 Å². The van der Waals surface area contributed by atoms with Crippen LogP contribution in [0.15, 0.2) is 47.5 Å². The average Bonchev–Trinajstić information content (AvgIpc) is 2.67. The Morgan fingerprint density at radius 3 is 2.52 bits per heavy atom.